The van der Waals surface area contributed by atoms with Crippen molar-refractivity contribution in [1.82, 2.24) is 15.0 Å². The van der Waals surface area contributed by atoms with E-state index in [2.05, 4.69) is 15.0 Å². The predicted octanol–water partition coefficient (Wildman–Crippen LogP) is 0.883. The van der Waals surface area contributed by atoms with Crippen LogP contribution < -0.4 is 15.4 Å². The van der Waals surface area contributed by atoms with Crippen molar-refractivity contribution >= 4 is 21.1 Å². The molecule has 2 heterocycles. The molecule has 0 saturated heterocycles. The number of fused-ring (bicyclic) bond motifs is 1. The Morgan fingerprint density at radius 1 is 1.30 bits per heavy atom. The molecule has 0 aliphatic rings. The number of methoxy groups -OCH3 is 1. The largest absolute Gasteiger partial charge is 0.496 e. The van der Waals surface area contributed by atoms with Crippen molar-refractivity contribution in [2.45, 2.75) is 11.8 Å². The van der Waals surface area contributed by atoms with Crippen LogP contribution in [-0.4, -0.2) is 30.5 Å². The van der Waals surface area contributed by atoms with E-state index in [1.165, 1.54) is 19.4 Å². The number of rotatable bonds is 3. The van der Waals surface area contributed by atoms with E-state index in [-0.39, 0.29) is 16.0 Å². The number of sulfonamides is 1. The normalized spacial score (nSPS) is 11.8. The first kappa shape index (κ1) is 15.3. The number of imidazole rings is 1. The SMILES string of the molecule is COc1cc(C)c(S(N)(=O)=O)cc1-c1nc2c(=O)[nH]ccc2[nH]1. The van der Waals surface area contributed by atoms with Gasteiger partial charge in [-0.25, -0.2) is 18.5 Å². The van der Waals surface area contributed by atoms with Crippen LogP contribution in [0.5, 0.6) is 5.75 Å². The second kappa shape index (κ2) is 5.21. The zero-order chi connectivity index (χ0) is 16.8. The number of aromatic nitrogens is 3. The molecule has 1 aromatic carbocycles. The van der Waals surface area contributed by atoms with Gasteiger partial charge in [0.2, 0.25) is 10.0 Å². The van der Waals surface area contributed by atoms with Crippen LogP contribution >= 0.6 is 0 Å². The molecule has 0 radical (unpaired) electrons. The maximum Gasteiger partial charge on any atom is 0.276 e. The van der Waals surface area contributed by atoms with Crippen molar-refractivity contribution in [2.75, 3.05) is 7.11 Å². The third-order valence-electron chi connectivity index (χ3n) is 3.47. The Morgan fingerprint density at radius 2 is 2.04 bits per heavy atom. The summed E-state index contributed by atoms with van der Waals surface area (Å²) in [5.41, 5.74) is 1.27. The fourth-order valence-corrected chi connectivity index (χ4v) is 3.19. The second-order valence-corrected chi connectivity index (χ2v) is 6.55. The van der Waals surface area contributed by atoms with Crippen molar-refractivity contribution in [3.63, 3.8) is 0 Å². The van der Waals surface area contributed by atoms with Crippen molar-refractivity contribution < 1.29 is 13.2 Å². The lowest BCUT2D eigenvalue weighted by atomic mass is 10.1. The quantitative estimate of drug-likeness (QED) is 0.654. The van der Waals surface area contributed by atoms with Gasteiger partial charge in [-0.15, -0.1) is 0 Å². The molecule has 0 saturated carbocycles. The van der Waals surface area contributed by atoms with Gasteiger partial charge in [0.1, 0.15) is 11.6 Å². The van der Waals surface area contributed by atoms with Crippen molar-refractivity contribution in [1.29, 1.82) is 0 Å². The Kier molecular flexibility index (Phi) is 3.46. The summed E-state index contributed by atoms with van der Waals surface area (Å²) in [6, 6.07) is 4.61. The maximum absolute atomic E-state index is 11.8. The molecule has 9 heteroatoms. The first-order valence-electron chi connectivity index (χ1n) is 6.60. The molecule has 0 aliphatic heterocycles. The number of hydrogen-bond donors (Lipinski definition) is 3. The lowest BCUT2D eigenvalue weighted by molar-refractivity contribution is 0.415. The smallest absolute Gasteiger partial charge is 0.276 e. The van der Waals surface area contributed by atoms with Crippen molar-refractivity contribution in [3.05, 3.63) is 40.3 Å². The fourth-order valence-electron chi connectivity index (χ4n) is 2.40. The maximum atomic E-state index is 11.8. The summed E-state index contributed by atoms with van der Waals surface area (Å²) in [6.07, 6.45) is 1.49. The first-order chi connectivity index (χ1) is 10.8. The number of ether oxygens (including phenoxy) is 1. The molecule has 0 unspecified atom stereocenters. The Hall–Kier alpha value is -2.65. The van der Waals surface area contributed by atoms with Crippen LogP contribution in [0.4, 0.5) is 0 Å². The van der Waals surface area contributed by atoms with Crippen molar-refractivity contribution in [3.8, 4) is 17.1 Å². The van der Waals surface area contributed by atoms with Gasteiger partial charge in [-0.2, -0.15) is 0 Å². The molecular formula is C14H14N4O4S. The highest BCUT2D eigenvalue weighted by molar-refractivity contribution is 7.89. The molecule has 0 amide bonds. The number of H-pyrrole nitrogens is 2. The van der Waals surface area contributed by atoms with Crippen LogP contribution in [-0.2, 0) is 10.0 Å². The number of aromatic amines is 2. The standard InChI is InChI=1S/C14H14N4O4S/c1-7-5-10(22-2)8(6-11(7)23(15,20)21)13-17-9-3-4-16-14(19)12(9)18-13/h3-6H,1-2H3,(H,16,19)(H,17,18)(H2,15,20,21). The number of nitrogens with zero attached hydrogens (tertiary/aromatic N) is 1. The summed E-state index contributed by atoms with van der Waals surface area (Å²) < 4.78 is 28.7. The van der Waals surface area contributed by atoms with Gasteiger partial charge in [0.15, 0.2) is 5.52 Å². The van der Waals surface area contributed by atoms with Gasteiger partial charge in [-0.05, 0) is 30.7 Å². The minimum absolute atomic E-state index is 0.0253. The van der Waals surface area contributed by atoms with Crippen LogP contribution in [0, 0.1) is 6.92 Å². The Balaban J connectivity index is 2.32. The van der Waals surface area contributed by atoms with Gasteiger partial charge in [0.05, 0.1) is 23.1 Å². The van der Waals surface area contributed by atoms with Crippen LogP contribution in [0.15, 0.2) is 34.1 Å². The van der Waals surface area contributed by atoms with Crippen molar-refractivity contribution in [2.24, 2.45) is 5.14 Å². The number of primary sulfonamides is 1. The number of nitrogens with one attached hydrogen (secondary N) is 2. The lowest BCUT2D eigenvalue weighted by Gasteiger charge is -2.11. The molecule has 120 valence electrons. The zero-order valence-corrected chi connectivity index (χ0v) is 13.2. The van der Waals surface area contributed by atoms with Crippen LogP contribution in [0.1, 0.15) is 5.56 Å². The molecule has 4 N–H and O–H groups in total. The third kappa shape index (κ3) is 2.60. The Labute approximate surface area is 131 Å². The number of pyridine rings is 1. The molecule has 0 fully saturated rings. The second-order valence-electron chi connectivity index (χ2n) is 5.02. The predicted molar refractivity (Wildman–Crippen MR) is 84.8 cm³/mol. The number of nitrogens with two attached hydrogens (primary N) is 1. The molecule has 3 rings (SSSR count). The van der Waals surface area contributed by atoms with Crippen LogP contribution in [0.25, 0.3) is 22.4 Å². The summed E-state index contributed by atoms with van der Waals surface area (Å²) in [7, 11) is -2.43. The van der Waals surface area contributed by atoms with Crippen LogP contribution in [0.2, 0.25) is 0 Å². The summed E-state index contributed by atoms with van der Waals surface area (Å²) in [5.74, 6) is 0.740. The third-order valence-corrected chi connectivity index (χ3v) is 4.52. The van der Waals surface area contributed by atoms with Crippen LogP contribution in [0.3, 0.4) is 0 Å². The minimum atomic E-state index is -3.89. The molecule has 0 aliphatic carbocycles. The summed E-state index contributed by atoms with van der Waals surface area (Å²) in [4.78, 5) is 21.5. The molecule has 0 spiro atoms. The van der Waals surface area contributed by atoms with E-state index >= 15 is 0 Å². The van der Waals surface area contributed by atoms with Gasteiger partial charge in [-0.3, -0.25) is 4.79 Å². The van der Waals surface area contributed by atoms with Gasteiger partial charge in [0, 0.05) is 6.20 Å². The number of aryl methyl sites for hydroxylation is 1. The van der Waals surface area contributed by atoms with E-state index in [9.17, 15) is 13.2 Å². The molecule has 3 aromatic rings. The highest BCUT2D eigenvalue weighted by Crippen LogP contribution is 2.33. The van der Waals surface area contributed by atoms with E-state index in [4.69, 9.17) is 9.88 Å². The average Bonchev–Trinajstić information content (AvgIpc) is 2.91. The number of benzene rings is 1. The molecule has 0 bridgehead atoms. The van der Waals surface area contributed by atoms with E-state index in [1.54, 1.807) is 19.1 Å². The van der Waals surface area contributed by atoms with E-state index in [0.717, 1.165) is 0 Å². The molecule has 0 atom stereocenters. The monoisotopic (exact) mass is 334 g/mol. The Bertz CT molecular complexity index is 1070. The molecule has 23 heavy (non-hydrogen) atoms. The Morgan fingerprint density at radius 3 is 2.65 bits per heavy atom. The number of hydrogen-bond acceptors (Lipinski definition) is 5. The van der Waals surface area contributed by atoms with Gasteiger partial charge >= 0.3 is 0 Å². The fraction of sp³-hybridized carbons (Fsp3) is 0.143. The van der Waals surface area contributed by atoms with E-state index < -0.39 is 10.0 Å². The molecular weight excluding hydrogens is 320 g/mol. The highest BCUT2D eigenvalue weighted by Gasteiger charge is 2.19. The minimum Gasteiger partial charge on any atom is -0.496 e. The molecule has 8 nitrogen and oxygen atoms in total. The lowest BCUT2D eigenvalue weighted by Crippen LogP contribution is -2.14. The summed E-state index contributed by atoms with van der Waals surface area (Å²) in [5, 5.41) is 5.24. The van der Waals surface area contributed by atoms with Gasteiger partial charge < -0.3 is 14.7 Å². The van der Waals surface area contributed by atoms with E-state index in [1.807, 2.05) is 0 Å². The summed E-state index contributed by atoms with van der Waals surface area (Å²) >= 11 is 0. The first-order valence-corrected chi connectivity index (χ1v) is 8.15. The topological polar surface area (TPSA) is 131 Å². The molecule has 2 aromatic heterocycles. The highest BCUT2D eigenvalue weighted by atomic mass is 32.2. The van der Waals surface area contributed by atoms with Gasteiger partial charge in [0.25, 0.3) is 5.56 Å². The average molecular weight is 334 g/mol. The van der Waals surface area contributed by atoms with Gasteiger partial charge in [-0.1, -0.05) is 0 Å². The van der Waals surface area contributed by atoms with E-state index in [0.29, 0.717) is 28.2 Å². The summed E-state index contributed by atoms with van der Waals surface area (Å²) in [6.45, 7) is 1.62. The zero-order valence-electron chi connectivity index (χ0n) is 12.4.